The van der Waals surface area contributed by atoms with E-state index in [0.29, 0.717) is 6.04 Å². The molecule has 1 aliphatic carbocycles. The van der Waals surface area contributed by atoms with Gasteiger partial charge in [-0.05, 0) is 19.8 Å². The molecule has 1 aromatic heterocycles. The second kappa shape index (κ2) is 6.78. The Hall–Kier alpha value is -1.03. The molecule has 0 amide bonds. The van der Waals surface area contributed by atoms with E-state index in [1.54, 1.807) is 9.13 Å². The molecule has 0 spiro atoms. The number of hydrogen-bond donors (Lipinski definition) is 1. The van der Waals surface area contributed by atoms with Gasteiger partial charge in [-0.25, -0.2) is 4.79 Å². The van der Waals surface area contributed by atoms with Gasteiger partial charge in [0.05, 0.1) is 0 Å². The number of aromatic nitrogens is 2. The van der Waals surface area contributed by atoms with Gasteiger partial charge in [0.2, 0.25) is 0 Å². The van der Waals surface area contributed by atoms with Crippen molar-refractivity contribution in [3.05, 3.63) is 22.9 Å². The fraction of sp³-hybridized carbons (Fsp3) is 0.786. The predicted octanol–water partition coefficient (Wildman–Crippen LogP) is 1.98. The molecule has 0 bridgehead atoms. The Kier molecular flexibility index (Phi) is 5.05. The fourth-order valence-corrected chi connectivity index (χ4v) is 2.74. The Balaban J connectivity index is 1.77. The molecule has 1 saturated carbocycles. The SMILES string of the molecule is CCn1ccn(CCNC2CCCCCC2)c1=O. The number of nitrogens with zero attached hydrogens (tertiary/aromatic N) is 2. The summed E-state index contributed by atoms with van der Waals surface area (Å²) in [5, 5.41) is 3.60. The molecule has 1 aliphatic rings. The molecule has 4 heteroatoms. The number of hydrogen-bond acceptors (Lipinski definition) is 2. The van der Waals surface area contributed by atoms with E-state index < -0.39 is 0 Å². The summed E-state index contributed by atoms with van der Waals surface area (Å²) in [5.41, 5.74) is 0.111. The van der Waals surface area contributed by atoms with Crippen LogP contribution < -0.4 is 11.0 Å². The van der Waals surface area contributed by atoms with E-state index in [2.05, 4.69) is 5.32 Å². The molecular formula is C14H25N3O. The van der Waals surface area contributed by atoms with Crippen molar-refractivity contribution in [1.82, 2.24) is 14.5 Å². The van der Waals surface area contributed by atoms with Gasteiger partial charge in [-0.2, -0.15) is 0 Å². The van der Waals surface area contributed by atoms with Crippen molar-refractivity contribution in [1.29, 1.82) is 0 Å². The summed E-state index contributed by atoms with van der Waals surface area (Å²) in [7, 11) is 0. The van der Waals surface area contributed by atoms with Crippen LogP contribution in [-0.4, -0.2) is 21.7 Å². The average molecular weight is 251 g/mol. The standard InChI is InChI=1S/C14H25N3O/c1-2-16-11-12-17(14(16)18)10-9-15-13-7-5-3-4-6-8-13/h11-13,15H,2-10H2,1H3. The normalized spacial score (nSPS) is 17.8. The second-order valence-corrected chi connectivity index (χ2v) is 5.20. The molecule has 2 rings (SSSR count). The van der Waals surface area contributed by atoms with Crippen LogP contribution >= 0.6 is 0 Å². The quantitative estimate of drug-likeness (QED) is 0.813. The van der Waals surface area contributed by atoms with Gasteiger partial charge in [-0.1, -0.05) is 25.7 Å². The van der Waals surface area contributed by atoms with Crippen LogP contribution in [0.25, 0.3) is 0 Å². The van der Waals surface area contributed by atoms with Crippen LogP contribution in [0.15, 0.2) is 17.2 Å². The Labute approximate surface area is 109 Å². The average Bonchev–Trinajstić information content (AvgIpc) is 2.59. The Morgan fingerprint density at radius 2 is 1.83 bits per heavy atom. The smallest absolute Gasteiger partial charge is 0.312 e. The van der Waals surface area contributed by atoms with Crippen LogP contribution in [0.3, 0.4) is 0 Å². The zero-order chi connectivity index (χ0) is 12.8. The van der Waals surface area contributed by atoms with Gasteiger partial charge in [0.1, 0.15) is 0 Å². The van der Waals surface area contributed by atoms with Gasteiger partial charge < -0.3 is 5.32 Å². The third kappa shape index (κ3) is 3.48. The summed E-state index contributed by atoms with van der Waals surface area (Å²) in [6.45, 7) is 4.43. The number of aryl methyl sites for hydroxylation is 1. The highest BCUT2D eigenvalue weighted by Gasteiger charge is 2.11. The topological polar surface area (TPSA) is 39.0 Å². The zero-order valence-electron chi connectivity index (χ0n) is 11.4. The van der Waals surface area contributed by atoms with Crippen LogP contribution in [0.4, 0.5) is 0 Å². The molecule has 0 atom stereocenters. The lowest BCUT2D eigenvalue weighted by atomic mass is 10.1. The molecule has 0 saturated heterocycles. The Morgan fingerprint density at radius 1 is 1.17 bits per heavy atom. The van der Waals surface area contributed by atoms with Crippen molar-refractivity contribution >= 4 is 0 Å². The van der Waals surface area contributed by atoms with Crippen molar-refractivity contribution in [2.45, 2.75) is 64.6 Å². The summed E-state index contributed by atoms with van der Waals surface area (Å²) in [5.74, 6) is 0. The maximum absolute atomic E-state index is 11.8. The molecule has 4 nitrogen and oxygen atoms in total. The minimum absolute atomic E-state index is 0.111. The summed E-state index contributed by atoms with van der Waals surface area (Å²) in [4.78, 5) is 11.8. The molecule has 1 heterocycles. The lowest BCUT2D eigenvalue weighted by Gasteiger charge is -2.15. The summed E-state index contributed by atoms with van der Waals surface area (Å²) in [6, 6.07) is 0.663. The van der Waals surface area contributed by atoms with E-state index in [9.17, 15) is 4.79 Å². The lowest BCUT2D eigenvalue weighted by Crippen LogP contribution is -2.34. The van der Waals surface area contributed by atoms with E-state index in [0.717, 1.165) is 19.6 Å². The lowest BCUT2D eigenvalue weighted by molar-refractivity contribution is 0.441. The van der Waals surface area contributed by atoms with E-state index >= 15 is 0 Å². The largest absolute Gasteiger partial charge is 0.328 e. The first-order valence-electron chi connectivity index (χ1n) is 7.30. The predicted molar refractivity (Wildman–Crippen MR) is 73.9 cm³/mol. The fourth-order valence-electron chi connectivity index (χ4n) is 2.74. The van der Waals surface area contributed by atoms with Crippen molar-refractivity contribution in [3.8, 4) is 0 Å². The molecule has 1 fully saturated rings. The van der Waals surface area contributed by atoms with Gasteiger partial charge in [-0.3, -0.25) is 9.13 Å². The monoisotopic (exact) mass is 251 g/mol. The van der Waals surface area contributed by atoms with E-state index in [-0.39, 0.29) is 5.69 Å². The van der Waals surface area contributed by atoms with Gasteiger partial charge in [0.15, 0.2) is 0 Å². The van der Waals surface area contributed by atoms with Gasteiger partial charge in [-0.15, -0.1) is 0 Å². The summed E-state index contributed by atoms with van der Waals surface area (Å²) in [6.07, 6.45) is 11.8. The minimum Gasteiger partial charge on any atom is -0.312 e. The van der Waals surface area contributed by atoms with Gasteiger partial charge >= 0.3 is 5.69 Å². The third-order valence-corrected chi connectivity index (χ3v) is 3.90. The first-order valence-corrected chi connectivity index (χ1v) is 7.30. The zero-order valence-corrected chi connectivity index (χ0v) is 11.4. The molecule has 18 heavy (non-hydrogen) atoms. The molecule has 0 aliphatic heterocycles. The molecule has 0 radical (unpaired) electrons. The highest BCUT2D eigenvalue weighted by atomic mass is 16.1. The van der Waals surface area contributed by atoms with E-state index in [1.807, 2.05) is 19.3 Å². The first kappa shape index (κ1) is 13.4. The van der Waals surface area contributed by atoms with Crippen LogP contribution in [0.5, 0.6) is 0 Å². The molecule has 102 valence electrons. The molecule has 1 N–H and O–H groups in total. The third-order valence-electron chi connectivity index (χ3n) is 3.90. The van der Waals surface area contributed by atoms with E-state index in [4.69, 9.17) is 0 Å². The van der Waals surface area contributed by atoms with Crippen LogP contribution in [0.1, 0.15) is 45.4 Å². The maximum Gasteiger partial charge on any atom is 0.328 e. The minimum atomic E-state index is 0.111. The Morgan fingerprint density at radius 3 is 2.44 bits per heavy atom. The van der Waals surface area contributed by atoms with Crippen LogP contribution in [-0.2, 0) is 13.1 Å². The molecule has 0 unspecified atom stereocenters. The number of rotatable bonds is 5. The Bertz CT molecular complexity index is 399. The van der Waals surface area contributed by atoms with Crippen LogP contribution in [0, 0.1) is 0 Å². The summed E-state index contributed by atoms with van der Waals surface area (Å²) < 4.78 is 3.54. The van der Waals surface area contributed by atoms with Crippen molar-refractivity contribution in [2.75, 3.05) is 6.54 Å². The van der Waals surface area contributed by atoms with Crippen molar-refractivity contribution in [3.63, 3.8) is 0 Å². The van der Waals surface area contributed by atoms with Crippen LogP contribution in [0.2, 0.25) is 0 Å². The number of imidazole rings is 1. The first-order chi connectivity index (χ1) is 8.81. The maximum atomic E-state index is 11.8. The van der Waals surface area contributed by atoms with Gasteiger partial charge in [0.25, 0.3) is 0 Å². The van der Waals surface area contributed by atoms with E-state index in [1.165, 1.54) is 38.5 Å². The van der Waals surface area contributed by atoms with Crippen molar-refractivity contribution < 1.29 is 0 Å². The summed E-state index contributed by atoms with van der Waals surface area (Å²) >= 11 is 0. The highest BCUT2D eigenvalue weighted by molar-refractivity contribution is 4.81. The number of nitrogens with one attached hydrogen (secondary N) is 1. The molecular weight excluding hydrogens is 226 g/mol. The van der Waals surface area contributed by atoms with Crippen molar-refractivity contribution in [2.24, 2.45) is 0 Å². The molecule has 1 aromatic rings. The highest BCUT2D eigenvalue weighted by Crippen LogP contribution is 2.16. The second-order valence-electron chi connectivity index (χ2n) is 5.20. The molecule has 0 aromatic carbocycles. The van der Waals surface area contributed by atoms with Gasteiger partial charge in [0, 0.05) is 38.1 Å².